The maximum Gasteiger partial charge on any atom is 0.0715 e. The zero-order valence-corrected chi connectivity index (χ0v) is 11.9. The van der Waals surface area contributed by atoms with E-state index in [0.29, 0.717) is 13.1 Å². The van der Waals surface area contributed by atoms with Crippen LogP contribution in [0.5, 0.6) is 0 Å². The first-order chi connectivity index (χ1) is 6.88. The number of hydrogen-bond donors (Lipinski definition) is 2. The summed E-state index contributed by atoms with van der Waals surface area (Å²) in [6.07, 6.45) is 1.76. The summed E-state index contributed by atoms with van der Waals surface area (Å²) in [4.78, 5) is 4.26. The van der Waals surface area contributed by atoms with Crippen molar-refractivity contribution in [1.82, 2.24) is 10.3 Å². The van der Waals surface area contributed by atoms with Gasteiger partial charge >= 0.3 is 0 Å². The van der Waals surface area contributed by atoms with E-state index < -0.39 is 5.60 Å². The summed E-state index contributed by atoms with van der Waals surface area (Å²) in [5.74, 6) is 0. The SMILES string of the molecule is CC(C)(O)CNCc1ncc(Br)cc1Br. The molecule has 0 fully saturated rings. The Bertz CT molecular complexity index is 337. The highest BCUT2D eigenvalue weighted by Crippen LogP contribution is 2.19. The van der Waals surface area contributed by atoms with E-state index in [1.807, 2.05) is 6.07 Å². The molecule has 2 N–H and O–H groups in total. The van der Waals surface area contributed by atoms with Crippen LogP contribution in [0.2, 0.25) is 0 Å². The van der Waals surface area contributed by atoms with Crippen molar-refractivity contribution in [1.29, 1.82) is 0 Å². The van der Waals surface area contributed by atoms with Gasteiger partial charge in [0, 0.05) is 28.2 Å². The van der Waals surface area contributed by atoms with E-state index in [9.17, 15) is 5.11 Å². The molecule has 0 aromatic carbocycles. The molecule has 1 aromatic rings. The summed E-state index contributed by atoms with van der Waals surface area (Å²) < 4.78 is 1.90. The molecule has 0 saturated carbocycles. The molecule has 5 heteroatoms. The van der Waals surface area contributed by atoms with Gasteiger partial charge in [-0.3, -0.25) is 4.98 Å². The largest absolute Gasteiger partial charge is 0.389 e. The van der Waals surface area contributed by atoms with E-state index in [1.165, 1.54) is 0 Å². The average molecular weight is 338 g/mol. The summed E-state index contributed by atoms with van der Waals surface area (Å²) in [6.45, 7) is 4.71. The van der Waals surface area contributed by atoms with Crippen molar-refractivity contribution in [3.8, 4) is 0 Å². The highest BCUT2D eigenvalue weighted by atomic mass is 79.9. The lowest BCUT2D eigenvalue weighted by Crippen LogP contribution is -2.34. The van der Waals surface area contributed by atoms with Crippen LogP contribution >= 0.6 is 31.9 Å². The second-order valence-electron chi connectivity index (χ2n) is 4.00. The lowest BCUT2D eigenvalue weighted by atomic mass is 10.1. The van der Waals surface area contributed by atoms with Crippen molar-refractivity contribution in [3.63, 3.8) is 0 Å². The number of hydrogen-bond acceptors (Lipinski definition) is 3. The third-order valence-electron chi connectivity index (χ3n) is 1.73. The monoisotopic (exact) mass is 336 g/mol. The predicted molar refractivity (Wildman–Crippen MR) is 67.6 cm³/mol. The summed E-state index contributed by atoms with van der Waals surface area (Å²) in [5.41, 5.74) is 0.240. The molecule has 15 heavy (non-hydrogen) atoms. The van der Waals surface area contributed by atoms with Crippen LogP contribution in [-0.4, -0.2) is 22.2 Å². The van der Waals surface area contributed by atoms with Crippen LogP contribution in [0.3, 0.4) is 0 Å². The van der Waals surface area contributed by atoms with Crippen molar-refractivity contribution < 1.29 is 5.11 Å². The van der Waals surface area contributed by atoms with Crippen molar-refractivity contribution in [2.45, 2.75) is 26.0 Å². The highest BCUT2D eigenvalue weighted by molar-refractivity contribution is 9.11. The van der Waals surface area contributed by atoms with E-state index in [1.54, 1.807) is 20.0 Å². The molecule has 1 rings (SSSR count). The normalized spacial score (nSPS) is 11.8. The van der Waals surface area contributed by atoms with E-state index in [-0.39, 0.29) is 0 Å². The minimum absolute atomic E-state index is 0.539. The fraction of sp³-hybridized carbons (Fsp3) is 0.500. The van der Waals surface area contributed by atoms with Gasteiger partial charge in [0.25, 0.3) is 0 Å². The quantitative estimate of drug-likeness (QED) is 0.887. The molecule has 0 unspecified atom stereocenters. The fourth-order valence-corrected chi connectivity index (χ4v) is 2.19. The lowest BCUT2D eigenvalue weighted by molar-refractivity contribution is 0.0794. The van der Waals surface area contributed by atoms with E-state index in [4.69, 9.17) is 0 Å². The van der Waals surface area contributed by atoms with Gasteiger partial charge in [-0.1, -0.05) is 0 Å². The van der Waals surface area contributed by atoms with Gasteiger partial charge in [0.05, 0.1) is 11.3 Å². The molecule has 0 bridgehead atoms. The van der Waals surface area contributed by atoms with Crippen LogP contribution in [0, 0.1) is 0 Å². The lowest BCUT2D eigenvalue weighted by Gasteiger charge is -2.17. The maximum absolute atomic E-state index is 9.51. The molecule has 0 aliphatic heterocycles. The van der Waals surface area contributed by atoms with Crippen LogP contribution in [0.4, 0.5) is 0 Å². The van der Waals surface area contributed by atoms with Gasteiger partial charge in [0.1, 0.15) is 0 Å². The molecule has 0 saturated heterocycles. The first-order valence-electron chi connectivity index (χ1n) is 4.61. The van der Waals surface area contributed by atoms with E-state index in [2.05, 4.69) is 42.2 Å². The Labute approximate surface area is 107 Å². The van der Waals surface area contributed by atoms with Gasteiger partial charge in [-0.05, 0) is 51.8 Å². The zero-order chi connectivity index (χ0) is 11.5. The molecule has 0 aliphatic rings. The maximum atomic E-state index is 9.51. The molecule has 1 aromatic heterocycles. The Hall–Kier alpha value is 0.0300. The van der Waals surface area contributed by atoms with Crippen LogP contribution < -0.4 is 5.32 Å². The third kappa shape index (κ3) is 5.06. The predicted octanol–water partition coefficient (Wildman–Crippen LogP) is 2.47. The van der Waals surface area contributed by atoms with E-state index >= 15 is 0 Å². The Morgan fingerprint density at radius 2 is 2.13 bits per heavy atom. The molecule has 1 heterocycles. The second kappa shape index (κ2) is 5.39. The van der Waals surface area contributed by atoms with Crippen molar-refractivity contribution >= 4 is 31.9 Å². The second-order valence-corrected chi connectivity index (χ2v) is 5.77. The number of nitrogens with zero attached hydrogens (tertiary/aromatic N) is 1. The molecule has 0 spiro atoms. The molecule has 84 valence electrons. The van der Waals surface area contributed by atoms with Gasteiger partial charge in [-0.25, -0.2) is 0 Å². The van der Waals surface area contributed by atoms with Crippen LogP contribution in [-0.2, 0) is 6.54 Å². The molecular formula is C10H14Br2N2O. The number of rotatable bonds is 4. The highest BCUT2D eigenvalue weighted by Gasteiger charge is 2.11. The topological polar surface area (TPSA) is 45.1 Å². The van der Waals surface area contributed by atoms with E-state index in [0.717, 1.165) is 14.6 Å². The van der Waals surface area contributed by atoms with Gasteiger partial charge < -0.3 is 10.4 Å². The first kappa shape index (κ1) is 13.1. The number of aromatic nitrogens is 1. The Morgan fingerprint density at radius 1 is 1.47 bits per heavy atom. The average Bonchev–Trinajstić information content (AvgIpc) is 2.07. The van der Waals surface area contributed by atoms with Crippen LogP contribution in [0.25, 0.3) is 0 Å². The summed E-state index contributed by atoms with van der Waals surface area (Å²) in [5, 5.41) is 12.7. The minimum Gasteiger partial charge on any atom is -0.389 e. The minimum atomic E-state index is -0.693. The fourth-order valence-electron chi connectivity index (χ4n) is 1.06. The molecule has 0 radical (unpaired) electrons. The third-order valence-corrected chi connectivity index (χ3v) is 2.85. The molecule has 0 atom stereocenters. The summed E-state index contributed by atoms with van der Waals surface area (Å²) in [7, 11) is 0. The van der Waals surface area contributed by atoms with Gasteiger partial charge in [-0.2, -0.15) is 0 Å². The van der Waals surface area contributed by atoms with Crippen molar-refractivity contribution in [2.24, 2.45) is 0 Å². The van der Waals surface area contributed by atoms with Crippen molar-refractivity contribution in [2.75, 3.05) is 6.54 Å². The Kier molecular flexibility index (Phi) is 4.70. The van der Waals surface area contributed by atoms with Gasteiger partial charge in [0.15, 0.2) is 0 Å². The molecule has 0 aliphatic carbocycles. The number of pyridine rings is 1. The van der Waals surface area contributed by atoms with Crippen LogP contribution in [0.15, 0.2) is 21.2 Å². The Balaban J connectivity index is 2.51. The number of nitrogens with one attached hydrogen (secondary N) is 1. The smallest absolute Gasteiger partial charge is 0.0715 e. The molecular weight excluding hydrogens is 324 g/mol. The van der Waals surface area contributed by atoms with Crippen molar-refractivity contribution in [3.05, 3.63) is 26.9 Å². The first-order valence-corrected chi connectivity index (χ1v) is 6.20. The number of aliphatic hydroxyl groups is 1. The summed E-state index contributed by atoms with van der Waals surface area (Å²) in [6, 6.07) is 1.95. The molecule has 0 amide bonds. The zero-order valence-electron chi connectivity index (χ0n) is 8.72. The summed E-state index contributed by atoms with van der Waals surface area (Å²) >= 11 is 6.78. The van der Waals surface area contributed by atoms with Crippen LogP contribution in [0.1, 0.15) is 19.5 Å². The standard InChI is InChI=1S/C10H14Br2N2O/c1-10(2,15)6-13-5-9-8(12)3-7(11)4-14-9/h3-4,13,15H,5-6H2,1-2H3. The van der Waals surface area contributed by atoms with Gasteiger partial charge in [0.2, 0.25) is 0 Å². The molecule has 3 nitrogen and oxygen atoms in total. The Morgan fingerprint density at radius 3 is 2.67 bits per heavy atom. The van der Waals surface area contributed by atoms with Gasteiger partial charge in [-0.15, -0.1) is 0 Å². The number of halogens is 2.